The summed E-state index contributed by atoms with van der Waals surface area (Å²) < 4.78 is 0. The number of nitrogens with one attached hydrogen (secondary N) is 1. The van der Waals surface area contributed by atoms with Crippen molar-refractivity contribution in [3.05, 3.63) is 28.8 Å². The highest BCUT2D eigenvalue weighted by atomic mass is 35.5. The third-order valence-corrected chi connectivity index (χ3v) is 4.17. The zero-order valence-electron chi connectivity index (χ0n) is 11.5. The molecule has 0 aromatic heterocycles. The highest BCUT2D eigenvalue weighted by Gasteiger charge is 2.21. The second kappa shape index (κ2) is 5.94. The number of anilines is 1. The predicted molar refractivity (Wildman–Crippen MR) is 79.6 cm³/mol. The second-order valence-electron chi connectivity index (χ2n) is 5.17. The summed E-state index contributed by atoms with van der Waals surface area (Å²) in [5, 5.41) is 4.28. The molecule has 1 aliphatic rings. The van der Waals surface area contributed by atoms with Gasteiger partial charge in [-0.15, -0.1) is 0 Å². The van der Waals surface area contributed by atoms with E-state index in [9.17, 15) is 0 Å². The summed E-state index contributed by atoms with van der Waals surface area (Å²) in [6.45, 7) is 8.67. The van der Waals surface area contributed by atoms with Crippen LogP contribution in [0, 0.1) is 0 Å². The first-order valence-electron chi connectivity index (χ1n) is 6.93. The van der Waals surface area contributed by atoms with Crippen LogP contribution in [0.25, 0.3) is 0 Å². The maximum atomic E-state index is 6.42. The van der Waals surface area contributed by atoms with Gasteiger partial charge in [0.25, 0.3) is 0 Å². The molecule has 3 heteroatoms. The molecule has 1 aromatic carbocycles. The van der Waals surface area contributed by atoms with Gasteiger partial charge in [0.1, 0.15) is 0 Å². The lowest BCUT2D eigenvalue weighted by Gasteiger charge is -2.25. The van der Waals surface area contributed by atoms with Crippen LogP contribution in [0.15, 0.2) is 18.2 Å². The first kappa shape index (κ1) is 13.7. The van der Waals surface area contributed by atoms with Gasteiger partial charge in [-0.25, -0.2) is 0 Å². The van der Waals surface area contributed by atoms with Gasteiger partial charge in [0, 0.05) is 29.3 Å². The van der Waals surface area contributed by atoms with E-state index in [1.54, 1.807) is 0 Å². The lowest BCUT2D eigenvalue weighted by Crippen LogP contribution is -2.26. The largest absolute Gasteiger partial charge is 0.369 e. The third kappa shape index (κ3) is 2.81. The van der Waals surface area contributed by atoms with Crippen LogP contribution >= 0.6 is 11.6 Å². The zero-order valence-corrected chi connectivity index (χ0v) is 12.3. The molecule has 1 saturated heterocycles. The molecular formula is C15H23ClN2. The Morgan fingerprint density at radius 2 is 2.28 bits per heavy atom. The van der Waals surface area contributed by atoms with Crippen LogP contribution in [0.1, 0.15) is 45.2 Å². The van der Waals surface area contributed by atoms with Crippen molar-refractivity contribution in [2.75, 3.05) is 18.0 Å². The van der Waals surface area contributed by atoms with Crippen LogP contribution < -0.4 is 10.2 Å². The van der Waals surface area contributed by atoms with Gasteiger partial charge in [0.05, 0.1) is 0 Å². The summed E-state index contributed by atoms with van der Waals surface area (Å²) in [4.78, 5) is 2.45. The highest BCUT2D eigenvalue weighted by Crippen LogP contribution is 2.31. The van der Waals surface area contributed by atoms with Gasteiger partial charge in [0.2, 0.25) is 0 Å². The van der Waals surface area contributed by atoms with Crippen LogP contribution in [0.5, 0.6) is 0 Å². The summed E-state index contributed by atoms with van der Waals surface area (Å²) in [7, 11) is 0. The Morgan fingerprint density at radius 3 is 2.83 bits per heavy atom. The van der Waals surface area contributed by atoms with E-state index < -0.39 is 0 Å². The van der Waals surface area contributed by atoms with E-state index in [0.717, 1.165) is 18.1 Å². The minimum absolute atomic E-state index is 0.313. The van der Waals surface area contributed by atoms with Gasteiger partial charge in [-0.1, -0.05) is 24.6 Å². The lowest BCUT2D eigenvalue weighted by atomic mass is 10.1. The lowest BCUT2D eigenvalue weighted by molar-refractivity contribution is 0.598. The van der Waals surface area contributed by atoms with Crippen molar-refractivity contribution in [1.82, 2.24) is 5.32 Å². The summed E-state index contributed by atoms with van der Waals surface area (Å²) in [5.41, 5.74) is 2.45. The standard InChI is InChI=1S/C15H23ClN2/c1-4-17-12(3)14-8-7-13(10-15(14)16)18-9-5-6-11(18)2/h7-8,10-12,17H,4-6,9H2,1-3H3. The average Bonchev–Trinajstić information content (AvgIpc) is 2.75. The van der Waals surface area contributed by atoms with Crippen LogP contribution in [-0.2, 0) is 0 Å². The number of hydrogen-bond acceptors (Lipinski definition) is 2. The Kier molecular flexibility index (Phi) is 4.52. The van der Waals surface area contributed by atoms with Gasteiger partial charge in [0.15, 0.2) is 0 Å². The van der Waals surface area contributed by atoms with Gasteiger partial charge >= 0.3 is 0 Å². The molecule has 0 saturated carbocycles. The van der Waals surface area contributed by atoms with Crippen molar-refractivity contribution in [3.63, 3.8) is 0 Å². The molecule has 1 heterocycles. The molecule has 0 amide bonds. The summed E-state index contributed by atoms with van der Waals surface area (Å²) in [6, 6.07) is 7.44. The molecule has 18 heavy (non-hydrogen) atoms. The van der Waals surface area contributed by atoms with Gasteiger partial charge in [-0.2, -0.15) is 0 Å². The minimum atomic E-state index is 0.313. The fourth-order valence-electron chi connectivity index (χ4n) is 2.78. The second-order valence-corrected chi connectivity index (χ2v) is 5.58. The Balaban J connectivity index is 2.19. The van der Waals surface area contributed by atoms with Crippen molar-refractivity contribution in [1.29, 1.82) is 0 Å². The van der Waals surface area contributed by atoms with Crippen LogP contribution in [0.4, 0.5) is 5.69 Å². The molecule has 2 atom stereocenters. The molecule has 1 fully saturated rings. The van der Waals surface area contributed by atoms with Crippen LogP contribution in [0.2, 0.25) is 5.02 Å². The smallest absolute Gasteiger partial charge is 0.0474 e. The van der Waals surface area contributed by atoms with E-state index in [0.29, 0.717) is 12.1 Å². The molecule has 1 aliphatic heterocycles. The fourth-order valence-corrected chi connectivity index (χ4v) is 3.12. The Labute approximate surface area is 115 Å². The predicted octanol–water partition coefficient (Wildman–Crippen LogP) is 4.00. The first-order chi connectivity index (χ1) is 8.63. The van der Waals surface area contributed by atoms with E-state index in [2.05, 4.69) is 49.2 Å². The Morgan fingerprint density at radius 1 is 1.50 bits per heavy atom. The Bertz CT molecular complexity index is 405. The molecule has 2 unspecified atom stereocenters. The number of halogens is 1. The van der Waals surface area contributed by atoms with Crippen LogP contribution in [0.3, 0.4) is 0 Å². The number of benzene rings is 1. The molecule has 1 N–H and O–H groups in total. The third-order valence-electron chi connectivity index (χ3n) is 3.85. The summed E-state index contributed by atoms with van der Waals surface area (Å²) in [5.74, 6) is 0. The minimum Gasteiger partial charge on any atom is -0.369 e. The van der Waals surface area contributed by atoms with Crippen molar-refractivity contribution >= 4 is 17.3 Å². The maximum Gasteiger partial charge on any atom is 0.0474 e. The number of hydrogen-bond donors (Lipinski definition) is 1. The Hall–Kier alpha value is -0.730. The molecule has 0 bridgehead atoms. The topological polar surface area (TPSA) is 15.3 Å². The van der Waals surface area contributed by atoms with Gasteiger partial charge in [-0.05, 0) is 50.9 Å². The number of nitrogens with zero attached hydrogens (tertiary/aromatic N) is 1. The van der Waals surface area contributed by atoms with E-state index in [-0.39, 0.29) is 0 Å². The zero-order chi connectivity index (χ0) is 13.1. The monoisotopic (exact) mass is 266 g/mol. The summed E-state index contributed by atoms with van der Waals surface area (Å²) in [6.07, 6.45) is 2.57. The van der Waals surface area contributed by atoms with Crippen molar-refractivity contribution in [3.8, 4) is 0 Å². The van der Waals surface area contributed by atoms with Crippen molar-refractivity contribution in [2.45, 2.75) is 45.7 Å². The molecule has 100 valence electrons. The first-order valence-corrected chi connectivity index (χ1v) is 7.30. The van der Waals surface area contributed by atoms with E-state index in [4.69, 9.17) is 11.6 Å². The maximum absolute atomic E-state index is 6.42. The SMILES string of the molecule is CCNC(C)c1ccc(N2CCCC2C)cc1Cl. The van der Waals surface area contributed by atoms with E-state index in [1.165, 1.54) is 24.1 Å². The number of rotatable bonds is 4. The molecule has 2 nitrogen and oxygen atoms in total. The van der Waals surface area contributed by atoms with Crippen LogP contribution in [-0.4, -0.2) is 19.1 Å². The van der Waals surface area contributed by atoms with E-state index >= 15 is 0 Å². The molecule has 0 spiro atoms. The molecule has 1 aromatic rings. The molecule has 2 rings (SSSR count). The van der Waals surface area contributed by atoms with Crippen molar-refractivity contribution in [2.24, 2.45) is 0 Å². The van der Waals surface area contributed by atoms with Crippen molar-refractivity contribution < 1.29 is 0 Å². The quantitative estimate of drug-likeness (QED) is 0.886. The fraction of sp³-hybridized carbons (Fsp3) is 0.600. The highest BCUT2D eigenvalue weighted by molar-refractivity contribution is 6.31. The normalized spacial score (nSPS) is 21.3. The average molecular weight is 267 g/mol. The molecule has 0 aliphatic carbocycles. The summed E-state index contributed by atoms with van der Waals surface area (Å²) >= 11 is 6.42. The van der Waals surface area contributed by atoms with Gasteiger partial charge < -0.3 is 10.2 Å². The van der Waals surface area contributed by atoms with Gasteiger partial charge in [-0.3, -0.25) is 0 Å². The van der Waals surface area contributed by atoms with E-state index in [1.807, 2.05) is 0 Å². The molecule has 0 radical (unpaired) electrons. The molecular weight excluding hydrogens is 244 g/mol.